The minimum Gasteiger partial charge on any atom is -0.378 e. The third-order valence-electron chi connectivity index (χ3n) is 3.68. The molecule has 0 aliphatic carbocycles. The van der Waals surface area contributed by atoms with Gasteiger partial charge in [-0.25, -0.2) is 4.39 Å². The van der Waals surface area contributed by atoms with Gasteiger partial charge in [0.15, 0.2) is 5.96 Å². The van der Waals surface area contributed by atoms with E-state index < -0.39 is 4.92 Å². The molecule has 27 heavy (non-hydrogen) atoms. The van der Waals surface area contributed by atoms with Gasteiger partial charge in [-0.3, -0.25) is 15.1 Å². The van der Waals surface area contributed by atoms with Crippen LogP contribution < -0.4 is 16.0 Å². The second kappa shape index (κ2) is 12.0. The fourth-order valence-electron chi connectivity index (χ4n) is 2.36. The van der Waals surface area contributed by atoms with E-state index in [1.165, 1.54) is 18.2 Å². The van der Waals surface area contributed by atoms with E-state index in [1.807, 2.05) is 0 Å². The highest BCUT2D eigenvalue weighted by atomic mass is 127. The molecule has 3 N–H and O–H groups in total. The fourth-order valence-corrected chi connectivity index (χ4v) is 2.36. The van der Waals surface area contributed by atoms with Gasteiger partial charge in [0.05, 0.1) is 4.92 Å². The third kappa shape index (κ3) is 7.77. The zero-order valence-electron chi connectivity index (χ0n) is 14.9. The average molecular weight is 487 g/mol. The van der Waals surface area contributed by atoms with Crippen LogP contribution in [0.4, 0.5) is 15.8 Å². The summed E-state index contributed by atoms with van der Waals surface area (Å²) in [6.07, 6.45) is 0.745. The maximum Gasteiger partial charge on any atom is 0.292 e. The molecule has 0 spiro atoms. The van der Waals surface area contributed by atoms with Crippen molar-refractivity contribution >= 4 is 41.3 Å². The lowest BCUT2D eigenvalue weighted by atomic mass is 10.1. The van der Waals surface area contributed by atoms with Crippen molar-refractivity contribution in [3.63, 3.8) is 0 Å². The van der Waals surface area contributed by atoms with Crippen molar-refractivity contribution in [2.24, 2.45) is 4.99 Å². The molecular formula is C18H23FIN5O2. The number of nitro groups is 1. The Bertz CT molecular complexity index is 756. The Hall–Kier alpha value is -2.43. The predicted octanol–water partition coefficient (Wildman–Crippen LogP) is 3.17. The highest BCUT2D eigenvalue weighted by molar-refractivity contribution is 14.0. The number of nitro benzene ring substituents is 1. The van der Waals surface area contributed by atoms with Crippen molar-refractivity contribution in [3.8, 4) is 0 Å². The van der Waals surface area contributed by atoms with E-state index in [0.29, 0.717) is 31.3 Å². The van der Waals surface area contributed by atoms with Gasteiger partial charge in [0.25, 0.3) is 5.69 Å². The number of hydrogen-bond donors (Lipinski definition) is 3. The fraction of sp³-hybridized carbons (Fsp3) is 0.278. The topological polar surface area (TPSA) is 91.6 Å². The van der Waals surface area contributed by atoms with Crippen molar-refractivity contribution in [3.05, 3.63) is 70.0 Å². The molecule has 9 heteroatoms. The normalized spacial score (nSPS) is 10.7. The summed E-state index contributed by atoms with van der Waals surface area (Å²) in [6.45, 7) is 1.70. The summed E-state index contributed by atoms with van der Waals surface area (Å²) in [5, 5.41) is 20.3. The Morgan fingerprint density at radius 2 is 1.74 bits per heavy atom. The van der Waals surface area contributed by atoms with Crippen LogP contribution in [-0.2, 0) is 6.42 Å². The summed E-state index contributed by atoms with van der Waals surface area (Å²) < 4.78 is 12.9. The predicted molar refractivity (Wildman–Crippen MR) is 116 cm³/mol. The lowest BCUT2D eigenvalue weighted by Gasteiger charge is -2.13. The van der Waals surface area contributed by atoms with Crippen LogP contribution in [0.5, 0.6) is 0 Å². The van der Waals surface area contributed by atoms with Crippen molar-refractivity contribution in [2.45, 2.75) is 6.42 Å². The monoisotopic (exact) mass is 487 g/mol. The van der Waals surface area contributed by atoms with Gasteiger partial charge in [-0.1, -0.05) is 24.3 Å². The molecule has 0 amide bonds. The molecule has 0 bridgehead atoms. The molecule has 0 atom stereocenters. The lowest BCUT2D eigenvalue weighted by molar-refractivity contribution is -0.384. The van der Waals surface area contributed by atoms with E-state index in [1.54, 1.807) is 37.4 Å². The molecule has 146 valence electrons. The van der Waals surface area contributed by atoms with E-state index in [2.05, 4.69) is 20.9 Å². The van der Waals surface area contributed by atoms with E-state index in [0.717, 1.165) is 12.0 Å². The van der Waals surface area contributed by atoms with Gasteiger partial charge in [-0.05, 0) is 30.2 Å². The van der Waals surface area contributed by atoms with Crippen LogP contribution in [0, 0.1) is 15.9 Å². The third-order valence-corrected chi connectivity index (χ3v) is 3.68. The molecule has 0 aromatic heterocycles. The smallest absolute Gasteiger partial charge is 0.292 e. The number of rotatable bonds is 8. The number of nitrogens with zero attached hydrogens (tertiary/aromatic N) is 2. The minimum atomic E-state index is -0.411. The number of aliphatic imine (C=N–C) groups is 1. The molecule has 0 saturated carbocycles. The van der Waals surface area contributed by atoms with Crippen LogP contribution in [-0.4, -0.2) is 37.6 Å². The summed E-state index contributed by atoms with van der Waals surface area (Å²) >= 11 is 0. The highest BCUT2D eigenvalue weighted by Crippen LogP contribution is 2.22. The largest absolute Gasteiger partial charge is 0.378 e. The van der Waals surface area contributed by atoms with Crippen molar-refractivity contribution in [2.75, 3.05) is 32.0 Å². The SMILES string of the molecule is CN=C(NCCNc1ccccc1[N+](=O)[O-])NCCc1ccc(F)cc1.I. The molecule has 0 unspecified atom stereocenters. The molecule has 0 aliphatic rings. The van der Waals surface area contributed by atoms with Gasteiger partial charge in [-0.15, -0.1) is 24.0 Å². The van der Waals surface area contributed by atoms with Crippen LogP contribution in [0.2, 0.25) is 0 Å². The number of hydrogen-bond acceptors (Lipinski definition) is 4. The number of guanidine groups is 1. The molecule has 2 aromatic rings. The zero-order valence-corrected chi connectivity index (χ0v) is 17.3. The molecule has 0 radical (unpaired) electrons. The maximum atomic E-state index is 12.9. The number of halogens is 2. The number of anilines is 1. The standard InChI is InChI=1S/C18H22FN5O2.HI/c1-20-18(22-11-10-14-6-8-15(19)9-7-14)23-13-12-21-16-4-2-3-5-17(16)24(25)26;/h2-9,21H,10-13H2,1H3,(H2,20,22,23);1H. The summed E-state index contributed by atoms with van der Waals surface area (Å²) in [6, 6.07) is 12.9. The van der Waals surface area contributed by atoms with Crippen LogP contribution in [0.15, 0.2) is 53.5 Å². The van der Waals surface area contributed by atoms with Crippen LogP contribution in [0.25, 0.3) is 0 Å². The van der Waals surface area contributed by atoms with Crippen LogP contribution in [0.1, 0.15) is 5.56 Å². The molecule has 7 nitrogen and oxygen atoms in total. The van der Waals surface area contributed by atoms with Gasteiger partial charge >= 0.3 is 0 Å². The van der Waals surface area contributed by atoms with Gasteiger partial charge in [0.2, 0.25) is 0 Å². The van der Waals surface area contributed by atoms with E-state index >= 15 is 0 Å². The Morgan fingerprint density at radius 3 is 2.41 bits per heavy atom. The molecule has 0 heterocycles. The van der Waals surface area contributed by atoms with Crippen LogP contribution >= 0.6 is 24.0 Å². The molecule has 0 saturated heterocycles. The molecule has 2 aromatic carbocycles. The zero-order chi connectivity index (χ0) is 18.8. The van der Waals surface area contributed by atoms with E-state index in [9.17, 15) is 14.5 Å². The van der Waals surface area contributed by atoms with E-state index in [-0.39, 0.29) is 35.5 Å². The molecule has 0 fully saturated rings. The molecule has 2 rings (SSSR count). The number of benzene rings is 2. The van der Waals surface area contributed by atoms with Gasteiger partial charge in [0, 0.05) is 32.7 Å². The Morgan fingerprint density at radius 1 is 1.07 bits per heavy atom. The Labute approximate surface area is 174 Å². The highest BCUT2D eigenvalue weighted by Gasteiger charge is 2.11. The quantitative estimate of drug-likeness (QED) is 0.133. The average Bonchev–Trinajstić information content (AvgIpc) is 2.65. The van der Waals surface area contributed by atoms with Gasteiger partial charge in [0.1, 0.15) is 11.5 Å². The molecule has 0 aliphatic heterocycles. The second-order valence-electron chi connectivity index (χ2n) is 5.50. The summed E-state index contributed by atoms with van der Waals surface area (Å²) in [5.41, 5.74) is 1.57. The maximum absolute atomic E-state index is 12.9. The van der Waals surface area contributed by atoms with Crippen molar-refractivity contribution in [1.82, 2.24) is 10.6 Å². The van der Waals surface area contributed by atoms with E-state index in [4.69, 9.17) is 0 Å². The summed E-state index contributed by atoms with van der Waals surface area (Å²) in [4.78, 5) is 14.7. The Balaban J connectivity index is 0.00000364. The Kier molecular flexibility index (Phi) is 10.1. The van der Waals surface area contributed by atoms with Gasteiger partial charge in [-0.2, -0.15) is 0 Å². The first-order valence-electron chi connectivity index (χ1n) is 8.26. The first kappa shape index (κ1) is 22.6. The number of nitrogens with one attached hydrogen (secondary N) is 3. The van der Waals surface area contributed by atoms with Crippen molar-refractivity contribution < 1.29 is 9.31 Å². The lowest BCUT2D eigenvalue weighted by Crippen LogP contribution is -2.40. The number of para-hydroxylation sites is 2. The molecular weight excluding hydrogens is 464 g/mol. The van der Waals surface area contributed by atoms with Crippen molar-refractivity contribution in [1.29, 1.82) is 0 Å². The second-order valence-corrected chi connectivity index (χ2v) is 5.50. The first-order valence-corrected chi connectivity index (χ1v) is 8.26. The summed E-state index contributed by atoms with van der Waals surface area (Å²) in [7, 11) is 1.67. The summed E-state index contributed by atoms with van der Waals surface area (Å²) in [5.74, 6) is 0.391. The minimum absolute atomic E-state index is 0. The van der Waals surface area contributed by atoms with Gasteiger partial charge < -0.3 is 16.0 Å². The van der Waals surface area contributed by atoms with Crippen LogP contribution in [0.3, 0.4) is 0 Å². The first-order chi connectivity index (χ1) is 12.6.